The van der Waals surface area contributed by atoms with Crippen molar-refractivity contribution in [1.29, 1.82) is 0 Å². The number of aromatic nitrogens is 2. The molecule has 0 amide bonds. The Labute approximate surface area is 121 Å². The summed E-state index contributed by atoms with van der Waals surface area (Å²) in [6, 6.07) is 8.68. The van der Waals surface area contributed by atoms with Gasteiger partial charge in [-0.2, -0.15) is 0 Å². The Hall–Kier alpha value is -1.39. The number of aryl methyl sites for hydroxylation is 1. The fourth-order valence-electron chi connectivity index (χ4n) is 2.63. The molecule has 1 aromatic carbocycles. The molecule has 1 heterocycles. The molecule has 0 spiro atoms. The van der Waals surface area contributed by atoms with Gasteiger partial charge in [-0.05, 0) is 25.1 Å². The van der Waals surface area contributed by atoms with E-state index in [2.05, 4.69) is 41.9 Å². The van der Waals surface area contributed by atoms with E-state index in [1.54, 1.807) is 7.11 Å². The van der Waals surface area contributed by atoms with Crippen LogP contribution in [0.25, 0.3) is 11.0 Å². The molecule has 4 nitrogen and oxygen atoms in total. The fraction of sp³-hybridized carbons (Fsp3) is 0.562. The summed E-state index contributed by atoms with van der Waals surface area (Å²) in [5.41, 5.74) is 2.30. The van der Waals surface area contributed by atoms with Gasteiger partial charge in [-0.3, -0.25) is 0 Å². The Morgan fingerprint density at radius 2 is 2.10 bits per heavy atom. The quantitative estimate of drug-likeness (QED) is 0.805. The summed E-state index contributed by atoms with van der Waals surface area (Å²) in [7, 11) is 1.75. The molecule has 1 unspecified atom stereocenters. The van der Waals surface area contributed by atoms with E-state index in [1.165, 1.54) is 11.3 Å². The Morgan fingerprint density at radius 1 is 1.30 bits per heavy atom. The minimum Gasteiger partial charge on any atom is -0.383 e. The van der Waals surface area contributed by atoms with Crippen molar-refractivity contribution in [2.75, 3.05) is 20.3 Å². The van der Waals surface area contributed by atoms with E-state index in [0.29, 0.717) is 12.6 Å². The van der Waals surface area contributed by atoms with Crippen LogP contribution in [0.5, 0.6) is 0 Å². The molecule has 1 N–H and O–H groups in total. The van der Waals surface area contributed by atoms with Crippen LogP contribution < -0.4 is 5.32 Å². The van der Waals surface area contributed by atoms with Gasteiger partial charge in [-0.1, -0.05) is 26.0 Å². The number of fused-ring (bicyclic) bond motifs is 1. The number of nitrogens with zero attached hydrogens (tertiary/aromatic N) is 2. The number of likely N-dealkylation sites (N-methyl/N-ethyl adjacent to an activating group) is 1. The van der Waals surface area contributed by atoms with Crippen LogP contribution in [0.3, 0.4) is 0 Å². The minimum absolute atomic E-state index is 0.318. The zero-order valence-corrected chi connectivity index (χ0v) is 12.7. The number of rotatable bonds is 8. The van der Waals surface area contributed by atoms with Crippen molar-refractivity contribution in [2.24, 2.45) is 0 Å². The normalized spacial score (nSPS) is 12.9. The van der Waals surface area contributed by atoms with E-state index < -0.39 is 0 Å². The number of nitrogens with one attached hydrogen (secondary N) is 1. The number of hydrogen-bond donors (Lipinski definition) is 1. The van der Waals surface area contributed by atoms with Gasteiger partial charge < -0.3 is 14.6 Å². The summed E-state index contributed by atoms with van der Waals surface area (Å²) in [5, 5.41) is 3.48. The lowest BCUT2D eigenvalue weighted by atomic mass is 10.2. The van der Waals surface area contributed by atoms with E-state index in [4.69, 9.17) is 9.72 Å². The molecule has 20 heavy (non-hydrogen) atoms. The topological polar surface area (TPSA) is 39.1 Å². The van der Waals surface area contributed by atoms with E-state index in [9.17, 15) is 0 Å². The summed E-state index contributed by atoms with van der Waals surface area (Å²) in [4.78, 5) is 4.77. The van der Waals surface area contributed by atoms with Crippen molar-refractivity contribution < 1.29 is 4.74 Å². The molecule has 2 aromatic rings. The standard InChI is InChI=1S/C16H25N3O/c1-4-8-16-18-14-9-6-7-10-15(14)19(16)11-13(12-20-3)17-5-2/h6-7,9-10,13,17H,4-5,8,11-12H2,1-3H3. The maximum atomic E-state index is 5.32. The first-order valence-electron chi connectivity index (χ1n) is 7.46. The molecular weight excluding hydrogens is 250 g/mol. The third-order valence-corrected chi connectivity index (χ3v) is 3.47. The molecule has 0 saturated heterocycles. The summed E-state index contributed by atoms with van der Waals surface area (Å²) >= 11 is 0. The number of para-hydroxylation sites is 2. The van der Waals surface area contributed by atoms with Crippen molar-refractivity contribution in [2.45, 2.75) is 39.3 Å². The maximum absolute atomic E-state index is 5.32. The number of ether oxygens (including phenoxy) is 1. The largest absolute Gasteiger partial charge is 0.383 e. The lowest BCUT2D eigenvalue weighted by molar-refractivity contribution is 0.159. The zero-order valence-electron chi connectivity index (χ0n) is 12.7. The Morgan fingerprint density at radius 3 is 2.80 bits per heavy atom. The Bertz CT molecular complexity index is 530. The van der Waals surface area contributed by atoms with Gasteiger partial charge in [0.25, 0.3) is 0 Å². The van der Waals surface area contributed by atoms with E-state index >= 15 is 0 Å². The first kappa shape index (κ1) is 15.0. The van der Waals surface area contributed by atoms with E-state index in [-0.39, 0.29) is 0 Å². The third kappa shape index (κ3) is 3.38. The molecule has 0 aliphatic carbocycles. The van der Waals surface area contributed by atoms with E-state index in [0.717, 1.165) is 31.4 Å². The maximum Gasteiger partial charge on any atom is 0.109 e. The minimum atomic E-state index is 0.318. The van der Waals surface area contributed by atoms with Gasteiger partial charge >= 0.3 is 0 Å². The van der Waals surface area contributed by atoms with Crippen LogP contribution >= 0.6 is 0 Å². The lowest BCUT2D eigenvalue weighted by Gasteiger charge is -2.19. The van der Waals surface area contributed by atoms with Gasteiger partial charge in [0.15, 0.2) is 0 Å². The van der Waals surface area contributed by atoms with E-state index in [1.807, 2.05) is 6.07 Å². The van der Waals surface area contributed by atoms with Crippen LogP contribution in [0.2, 0.25) is 0 Å². The third-order valence-electron chi connectivity index (χ3n) is 3.47. The predicted octanol–water partition coefficient (Wildman–Crippen LogP) is 2.61. The SMILES string of the molecule is CCCc1nc2ccccc2n1CC(COC)NCC. The second-order valence-corrected chi connectivity index (χ2v) is 5.09. The van der Waals surface area contributed by atoms with Crippen LogP contribution in [-0.2, 0) is 17.7 Å². The molecule has 4 heteroatoms. The van der Waals surface area contributed by atoms with Crippen molar-refractivity contribution in [1.82, 2.24) is 14.9 Å². The Balaban J connectivity index is 2.31. The van der Waals surface area contributed by atoms with Gasteiger partial charge in [0.1, 0.15) is 5.82 Å². The average Bonchev–Trinajstić information content (AvgIpc) is 2.78. The van der Waals surface area contributed by atoms with Crippen LogP contribution in [0.15, 0.2) is 24.3 Å². The molecule has 110 valence electrons. The molecular formula is C16H25N3O. The highest BCUT2D eigenvalue weighted by Crippen LogP contribution is 2.17. The highest BCUT2D eigenvalue weighted by atomic mass is 16.5. The van der Waals surface area contributed by atoms with Crippen molar-refractivity contribution in [3.8, 4) is 0 Å². The summed E-state index contributed by atoms with van der Waals surface area (Å²) in [5.74, 6) is 1.17. The molecule has 1 aromatic heterocycles. The highest BCUT2D eigenvalue weighted by Gasteiger charge is 2.14. The number of methoxy groups -OCH3 is 1. The molecule has 0 aliphatic rings. The molecule has 0 bridgehead atoms. The lowest BCUT2D eigenvalue weighted by Crippen LogP contribution is -2.37. The predicted molar refractivity (Wildman–Crippen MR) is 83.1 cm³/mol. The second kappa shape index (κ2) is 7.41. The summed E-state index contributed by atoms with van der Waals surface area (Å²) in [6.07, 6.45) is 2.12. The van der Waals surface area contributed by atoms with Crippen LogP contribution in [-0.4, -0.2) is 35.9 Å². The number of benzene rings is 1. The molecule has 0 fully saturated rings. The molecule has 0 saturated carbocycles. The Kier molecular flexibility index (Phi) is 5.56. The highest BCUT2D eigenvalue weighted by molar-refractivity contribution is 5.75. The smallest absolute Gasteiger partial charge is 0.109 e. The van der Waals surface area contributed by atoms with Gasteiger partial charge in [-0.25, -0.2) is 4.98 Å². The molecule has 0 aliphatic heterocycles. The molecule has 2 rings (SSSR count). The van der Waals surface area contributed by atoms with Gasteiger partial charge in [-0.15, -0.1) is 0 Å². The average molecular weight is 275 g/mol. The molecule has 0 radical (unpaired) electrons. The van der Waals surface area contributed by atoms with Crippen molar-refractivity contribution >= 4 is 11.0 Å². The zero-order chi connectivity index (χ0) is 14.4. The van der Waals surface area contributed by atoms with Gasteiger partial charge in [0.05, 0.1) is 17.6 Å². The van der Waals surface area contributed by atoms with Crippen LogP contribution in [0, 0.1) is 0 Å². The van der Waals surface area contributed by atoms with Gasteiger partial charge in [0, 0.05) is 26.1 Å². The van der Waals surface area contributed by atoms with Crippen LogP contribution in [0.1, 0.15) is 26.1 Å². The van der Waals surface area contributed by atoms with Crippen molar-refractivity contribution in [3.63, 3.8) is 0 Å². The number of hydrogen-bond acceptors (Lipinski definition) is 3. The first-order chi connectivity index (χ1) is 9.80. The van der Waals surface area contributed by atoms with Crippen LogP contribution in [0.4, 0.5) is 0 Å². The fourth-order valence-corrected chi connectivity index (χ4v) is 2.63. The summed E-state index contributed by atoms with van der Waals surface area (Å²) < 4.78 is 7.66. The van der Waals surface area contributed by atoms with Crippen molar-refractivity contribution in [3.05, 3.63) is 30.1 Å². The monoisotopic (exact) mass is 275 g/mol. The summed E-state index contributed by atoms with van der Waals surface area (Å²) in [6.45, 7) is 6.88. The molecule has 1 atom stereocenters. The van der Waals surface area contributed by atoms with Gasteiger partial charge in [0.2, 0.25) is 0 Å². The second-order valence-electron chi connectivity index (χ2n) is 5.09. The number of imidazole rings is 1. The first-order valence-corrected chi connectivity index (χ1v) is 7.46.